The molecule has 11 heavy (non-hydrogen) atoms. The van der Waals surface area contributed by atoms with Gasteiger partial charge in [0.2, 0.25) is 5.91 Å². The van der Waals surface area contributed by atoms with Gasteiger partial charge in [0, 0.05) is 19.5 Å². The van der Waals surface area contributed by atoms with Crippen LogP contribution in [0.25, 0.3) is 0 Å². The van der Waals surface area contributed by atoms with Gasteiger partial charge in [-0.2, -0.15) is 0 Å². The number of hydrogen-bond acceptors (Lipinski definition) is 1. The van der Waals surface area contributed by atoms with Gasteiger partial charge in [0.05, 0.1) is 0 Å². The normalized spacial score (nSPS) is 14.6. The summed E-state index contributed by atoms with van der Waals surface area (Å²) in [6, 6.07) is 0. The second-order valence-electron chi connectivity index (χ2n) is 2.48. The molecule has 0 saturated carbocycles. The lowest BCUT2D eigenvalue weighted by Crippen LogP contribution is -2.41. The number of rotatable bonds is 2. The Kier molecular flexibility index (Phi) is 5.90. The molecular formula is C9H19NO. The van der Waals surface area contributed by atoms with Crippen LogP contribution in [0.4, 0.5) is 0 Å². The minimum atomic E-state index is 0.337. The lowest BCUT2D eigenvalue weighted by molar-refractivity contribution is -0.134. The summed E-state index contributed by atoms with van der Waals surface area (Å²) >= 11 is 0. The minimum Gasteiger partial charge on any atom is -0.343 e. The van der Waals surface area contributed by atoms with Crippen molar-refractivity contribution in [1.82, 2.24) is 4.90 Å². The third kappa shape index (κ3) is 3.40. The van der Waals surface area contributed by atoms with E-state index in [2.05, 4.69) is 0 Å². The van der Waals surface area contributed by atoms with Gasteiger partial charge >= 0.3 is 0 Å². The van der Waals surface area contributed by atoms with E-state index < -0.39 is 0 Å². The highest BCUT2D eigenvalue weighted by Crippen LogP contribution is 2.07. The van der Waals surface area contributed by atoms with Gasteiger partial charge in [0.1, 0.15) is 0 Å². The summed E-state index contributed by atoms with van der Waals surface area (Å²) in [5.74, 6) is 0.337. The summed E-state index contributed by atoms with van der Waals surface area (Å²) in [5, 5.41) is 0. The number of amides is 1. The van der Waals surface area contributed by atoms with E-state index in [0.717, 1.165) is 25.9 Å². The van der Waals surface area contributed by atoms with Crippen LogP contribution < -0.4 is 0 Å². The Morgan fingerprint density at radius 3 is 2.18 bits per heavy atom. The molecule has 0 aromatic heterocycles. The van der Waals surface area contributed by atoms with Gasteiger partial charge in [-0.15, -0.1) is 0 Å². The van der Waals surface area contributed by atoms with Gasteiger partial charge in [0.15, 0.2) is 0 Å². The first-order chi connectivity index (χ1) is 5.34. The van der Waals surface area contributed by atoms with Crippen molar-refractivity contribution in [3.05, 3.63) is 0 Å². The van der Waals surface area contributed by atoms with Crippen molar-refractivity contribution in [2.45, 2.75) is 40.0 Å². The Bertz CT molecular complexity index is 108. The van der Waals surface area contributed by atoms with Crippen molar-refractivity contribution < 1.29 is 4.79 Å². The summed E-state index contributed by atoms with van der Waals surface area (Å²) in [5.41, 5.74) is 0. The molecule has 1 saturated heterocycles. The molecule has 0 atom stereocenters. The second kappa shape index (κ2) is 6.20. The number of hydrogen-bond donors (Lipinski definition) is 0. The van der Waals surface area contributed by atoms with Crippen LogP contribution in [0.1, 0.15) is 40.0 Å². The Morgan fingerprint density at radius 1 is 1.36 bits per heavy atom. The zero-order chi connectivity index (χ0) is 8.69. The maximum atomic E-state index is 11.0. The first-order valence-corrected chi connectivity index (χ1v) is 4.62. The van der Waals surface area contributed by atoms with Gasteiger partial charge in [-0.05, 0) is 12.8 Å². The lowest BCUT2D eigenvalue weighted by atomic mass is 10.2. The Labute approximate surface area is 69.6 Å². The predicted molar refractivity (Wildman–Crippen MR) is 47.5 cm³/mol. The van der Waals surface area contributed by atoms with Gasteiger partial charge in [-0.3, -0.25) is 4.79 Å². The third-order valence-electron chi connectivity index (χ3n) is 1.67. The molecule has 2 nitrogen and oxygen atoms in total. The van der Waals surface area contributed by atoms with Gasteiger partial charge in [-0.1, -0.05) is 20.8 Å². The highest BCUT2D eigenvalue weighted by atomic mass is 16.2. The fraction of sp³-hybridized carbons (Fsp3) is 0.889. The second-order valence-corrected chi connectivity index (χ2v) is 2.48. The standard InChI is InChI=1S/C7H13NO.C2H6/c1-2-4-7(9)8-5-3-6-8;1-2/h2-6H2,1H3;1-2H3. The van der Waals surface area contributed by atoms with Crippen LogP contribution in [0, 0.1) is 0 Å². The summed E-state index contributed by atoms with van der Waals surface area (Å²) in [4.78, 5) is 12.9. The van der Waals surface area contributed by atoms with E-state index >= 15 is 0 Å². The van der Waals surface area contributed by atoms with E-state index in [4.69, 9.17) is 0 Å². The minimum absolute atomic E-state index is 0.337. The smallest absolute Gasteiger partial charge is 0.222 e. The SMILES string of the molecule is CC.CCCC(=O)N1CCC1. The van der Waals surface area contributed by atoms with Crippen LogP contribution in [0.5, 0.6) is 0 Å². The largest absolute Gasteiger partial charge is 0.343 e. The first-order valence-electron chi connectivity index (χ1n) is 4.62. The Balaban J connectivity index is 0.000000461. The summed E-state index contributed by atoms with van der Waals surface area (Å²) < 4.78 is 0. The van der Waals surface area contributed by atoms with E-state index in [1.54, 1.807) is 0 Å². The van der Waals surface area contributed by atoms with Crippen LogP contribution in [0.15, 0.2) is 0 Å². The molecule has 0 N–H and O–H groups in total. The lowest BCUT2D eigenvalue weighted by Gasteiger charge is -2.30. The van der Waals surface area contributed by atoms with Gasteiger partial charge in [-0.25, -0.2) is 0 Å². The monoisotopic (exact) mass is 157 g/mol. The molecule has 0 aromatic carbocycles. The third-order valence-corrected chi connectivity index (χ3v) is 1.67. The molecule has 1 aliphatic heterocycles. The van der Waals surface area contributed by atoms with Crippen LogP contribution in [-0.2, 0) is 4.79 Å². The van der Waals surface area contributed by atoms with Crippen molar-refractivity contribution in [1.29, 1.82) is 0 Å². The molecule has 1 fully saturated rings. The average Bonchev–Trinajstić information content (AvgIpc) is 1.89. The maximum absolute atomic E-state index is 11.0. The number of nitrogens with zero attached hydrogens (tertiary/aromatic N) is 1. The predicted octanol–water partition coefficient (Wildman–Crippen LogP) is 2.04. The van der Waals surface area contributed by atoms with Crippen LogP contribution in [0.3, 0.4) is 0 Å². The van der Waals surface area contributed by atoms with Crippen molar-refractivity contribution in [3.8, 4) is 0 Å². The molecule has 0 aliphatic carbocycles. The molecule has 1 rings (SSSR count). The molecule has 1 aliphatic rings. The summed E-state index contributed by atoms with van der Waals surface area (Å²) in [7, 11) is 0. The Morgan fingerprint density at radius 2 is 1.91 bits per heavy atom. The molecule has 0 bridgehead atoms. The quantitative estimate of drug-likeness (QED) is 0.600. The zero-order valence-corrected chi connectivity index (χ0v) is 7.89. The highest BCUT2D eigenvalue weighted by Gasteiger charge is 2.18. The van der Waals surface area contributed by atoms with Crippen LogP contribution in [0.2, 0.25) is 0 Å². The molecule has 1 amide bonds. The molecule has 1 heterocycles. The number of likely N-dealkylation sites (tertiary alicyclic amines) is 1. The molecule has 2 heteroatoms. The van der Waals surface area contributed by atoms with E-state index in [1.807, 2.05) is 25.7 Å². The van der Waals surface area contributed by atoms with Crippen LogP contribution in [-0.4, -0.2) is 23.9 Å². The fourth-order valence-electron chi connectivity index (χ4n) is 0.938. The number of carbonyl (C=O) groups is 1. The van der Waals surface area contributed by atoms with E-state index in [9.17, 15) is 4.79 Å². The fourth-order valence-corrected chi connectivity index (χ4v) is 0.938. The van der Waals surface area contributed by atoms with Gasteiger partial charge < -0.3 is 4.90 Å². The van der Waals surface area contributed by atoms with Crippen molar-refractivity contribution in [3.63, 3.8) is 0 Å². The van der Waals surface area contributed by atoms with Crippen molar-refractivity contribution in [2.75, 3.05) is 13.1 Å². The highest BCUT2D eigenvalue weighted by molar-refractivity contribution is 5.76. The molecule has 0 unspecified atom stereocenters. The zero-order valence-electron chi connectivity index (χ0n) is 7.89. The molecule has 0 aromatic rings. The van der Waals surface area contributed by atoms with E-state index in [1.165, 1.54) is 6.42 Å². The van der Waals surface area contributed by atoms with Crippen LogP contribution >= 0.6 is 0 Å². The molecule has 66 valence electrons. The Hall–Kier alpha value is -0.530. The average molecular weight is 157 g/mol. The topological polar surface area (TPSA) is 20.3 Å². The van der Waals surface area contributed by atoms with E-state index in [0.29, 0.717) is 5.91 Å². The summed E-state index contributed by atoms with van der Waals surface area (Å²) in [6.45, 7) is 8.04. The van der Waals surface area contributed by atoms with Crippen molar-refractivity contribution >= 4 is 5.91 Å². The van der Waals surface area contributed by atoms with Gasteiger partial charge in [0.25, 0.3) is 0 Å². The summed E-state index contributed by atoms with van der Waals surface area (Å²) in [6.07, 6.45) is 2.92. The van der Waals surface area contributed by atoms with Crippen molar-refractivity contribution in [2.24, 2.45) is 0 Å². The number of carbonyl (C=O) groups excluding carboxylic acids is 1. The molecule has 0 spiro atoms. The first kappa shape index (κ1) is 10.5. The molecule has 0 radical (unpaired) electrons. The maximum Gasteiger partial charge on any atom is 0.222 e. The molecular weight excluding hydrogens is 138 g/mol. The van der Waals surface area contributed by atoms with E-state index in [-0.39, 0.29) is 0 Å².